The summed E-state index contributed by atoms with van der Waals surface area (Å²) >= 11 is 0. The smallest absolute Gasteiger partial charge is 0.338 e. The molecule has 3 rings (SSSR count). The predicted octanol–water partition coefficient (Wildman–Crippen LogP) is 4.47. The van der Waals surface area contributed by atoms with Crippen molar-refractivity contribution in [3.8, 4) is 11.5 Å². The first-order valence-corrected chi connectivity index (χ1v) is 10.1. The van der Waals surface area contributed by atoms with Crippen LogP contribution in [0, 0.1) is 17.3 Å². The van der Waals surface area contributed by atoms with Crippen molar-refractivity contribution in [2.45, 2.75) is 65.1 Å². The zero-order chi connectivity index (χ0) is 20.7. The van der Waals surface area contributed by atoms with Crippen molar-refractivity contribution >= 4 is 5.97 Å². The van der Waals surface area contributed by atoms with Crippen molar-refractivity contribution in [1.82, 2.24) is 0 Å². The highest BCUT2D eigenvalue weighted by molar-refractivity contribution is 5.90. The van der Waals surface area contributed by atoms with Crippen LogP contribution in [-0.2, 0) is 4.74 Å². The Morgan fingerprint density at radius 2 is 2.00 bits per heavy atom. The minimum atomic E-state index is -0.856. The molecule has 0 spiro atoms. The molecule has 0 radical (unpaired) electrons. The van der Waals surface area contributed by atoms with E-state index in [9.17, 15) is 15.0 Å². The summed E-state index contributed by atoms with van der Waals surface area (Å²) < 4.78 is 11.1. The molecule has 2 N–H and O–H groups in total. The van der Waals surface area contributed by atoms with Crippen molar-refractivity contribution < 1.29 is 24.5 Å². The number of aromatic hydroxyl groups is 1. The lowest BCUT2D eigenvalue weighted by atomic mass is 9.67. The fourth-order valence-electron chi connectivity index (χ4n) is 5.09. The first-order chi connectivity index (χ1) is 13.1. The number of hydrogen-bond donors (Lipinski definition) is 2. The summed E-state index contributed by atoms with van der Waals surface area (Å²) in [7, 11) is 1.44. The van der Waals surface area contributed by atoms with Gasteiger partial charge in [-0.15, -0.1) is 0 Å². The summed E-state index contributed by atoms with van der Waals surface area (Å²) in [6, 6.07) is 4.44. The molecule has 0 aliphatic heterocycles. The minimum Gasteiger partial charge on any atom is -0.504 e. The summed E-state index contributed by atoms with van der Waals surface area (Å²) in [5, 5.41) is 21.3. The van der Waals surface area contributed by atoms with Gasteiger partial charge in [0.15, 0.2) is 11.5 Å². The molecule has 5 heteroatoms. The number of esters is 1. The monoisotopic (exact) mass is 388 g/mol. The van der Waals surface area contributed by atoms with E-state index in [2.05, 4.69) is 19.9 Å². The van der Waals surface area contributed by atoms with Gasteiger partial charge in [0.25, 0.3) is 0 Å². The Kier molecular flexibility index (Phi) is 5.50. The largest absolute Gasteiger partial charge is 0.504 e. The Bertz CT molecular complexity index is 783. The molecular formula is C23H32O5. The number of phenolic OH excluding ortho intramolecular Hbond substituents is 1. The van der Waals surface area contributed by atoms with Crippen LogP contribution in [0.4, 0.5) is 0 Å². The van der Waals surface area contributed by atoms with E-state index in [1.807, 2.05) is 13.8 Å². The van der Waals surface area contributed by atoms with Crippen LogP contribution in [0.3, 0.4) is 0 Å². The van der Waals surface area contributed by atoms with E-state index in [-0.39, 0.29) is 28.7 Å². The first kappa shape index (κ1) is 20.7. The van der Waals surface area contributed by atoms with Gasteiger partial charge < -0.3 is 19.7 Å². The van der Waals surface area contributed by atoms with E-state index in [1.165, 1.54) is 30.9 Å². The second-order valence-electron chi connectivity index (χ2n) is 9.07. The Balaban J connectivity index is 1.93. The average molecular weight is 389 g/mol. The first-order valence-electron chi connectivity index (χ1n) is 10.1. The normalized spacial score (nSPS) is 32.5. The number of benzene rings is 1. The molecule has 0 amide bonds. The van der Waals surface area contributed by atoms with Gasteiger partial charge in [-0.3, -0.25) is 0 Å². The van der Waals surface area contributed by atoms with Gasteiger partial charge in [-0.2, -0.15) is 0 Å². The van der Waals surface area contributed by atoms with E-state index in [0.29, 0.717) is 12.0 Å². The molecule has 1 aromatic rings. The van der Waals surface area contributed by atoms with E-state index < -0.39 is 17.7 Å². The summed E-state index contributed by atoms with van der Waals surface area (Å²) in [6.45, 7) is 8.35. The molecule has 154 valence electrons. The third kappa shape index (κ3) is 3.52. The molecule has 1 saturated carbocycles. The fourth-order valence-corrected chi connectivity index (χ4v) is 5.09. The number of fused-ring (bicyclic) bond motifs is 1. The molecule has 2 aliphatic carbocycles. The highest BCUT2D eigenvalue weighted by Gasteiger charge is 2.59. The molecule has 1 fully saturated rings. The molecule has 0 saturated heterocycles. The number of hydrogen-bond acceptors (Lipinski definition) is 5. The van der Waals surface area contributed by atoms with Gasteiger partial charge in [0.05, 0.1) is 18.3 Å². The number of aliphatic hydroxyl groups is 1. The predicted molar refractivity (Wildman–Crippen MR) is 107 cm³/mol. The Hall–Kier alpha value is -2.01. The molecule has 28 heavy (non-hydrogen) atoms. The van der Waals surface area contributed by atoms with Crippen LogP contribution in [0.1, 0.15) is 63.7 Å². The maximum Gasteiger partial charge on any atom is 0.338 e. The maximum atomic E-state index is 12.9. The summed E-state index contributed by atoms with van der Waals surface area (Å²) in [4.78, 5) is 12.9. The lowest BCUT2D eigenvalue weighted by Gasteiger charge is -2.43. The molecule has 1 aromatic carbocycles. The van der Waals surface area contributed by atoms with Crippen LogP contribution in [0.2, 0.25) is 0 Å². The van der Waals surface area contributed by atoms with Crippen LogP contribution < -0.4 is 4.74 Å². The van der Waals surface area contributed by atoms with E-state index >= 15 is 0 Å². The number of ether oxygens (including phenoxy) is 2. The topological polar surface area (TPSA) is 76.0 Å². The lowest BCUT2D eigenvalue weighted by molar-refractivity contribution is -0.112. The van der Waals surface area contributed by atoms with E-state index in [4.69, 9.17) is 9.47 Å². The maximum absolute atomic E-state index is 12.9. The van der Waals surface area contributed by atoms with Crippen molar-refractivity contribution in [3.05, 3.63) is 35.4 Å². The summed E-state index contributed by atoms with van der Waals surface area (Å²) in [5.74, 6) is -0.302. The quantitative estimate of drug-likeness (QED) is 0.588. The van der Waals surface area contributed by atoms with Crippen LogP contribution in [0.15, 0.2) is 29.8 Å². The zero-order valence-corrected chi connectivity index (χ0v) is 17.5. The van der Waals surface area contributed by atoms with Gasteiger partial charge >= 0.3 is 5.97 Å². The van der Waals surface area contributed by atoms with Crippen molar-refractivity contribution in [2.75, 3.05) is 7.11 Å². The van der Waals surface area contributed by atoms with Gasteiger partial charge in [-0.25, -0.2) is 4.79 Å². The molecule has 0 heterocycles. The fraction of sp³-hybridized carbons (Fsp3) is 0.609. The van der Waals surface area contributed by atoms with Crippen LogP contribution >= 0.6 is 0 Å². The molecule has 5 nitrogen and oxygen atoms in total. The number of rotatable bonds is 4. The highest BCUT2D eigenvalue weighted by Crippen LogP contribution is 2.58. The van der Waals surface area contributed by atoms with Gasteiger partial charge in [0.1, 0.15) is 6.10 Å². The molecule has 2 aliphatic rings. The van der Waals surface area contributed by atoms with Crippen LogP contribution in [-0.4, -0.2) is 35.0 Å². The van der Waals surface area contributed by atoms with Gasteiger partial charge in [0.2, 0.25) is 0 Å². The van der Waals surface area contributed by atoms with E-state index in [0.717, 1.165) is 19.3 Å². The van der Waals surface area contributed by atoms with Gasteiger partial charge in [0, 0.05) is 12.3 Å². The number of methoxy groups -OCH3 is 1. The van der Waals surface area contributed by atoms with Gasteiger partial charge in [-0.1, -0.05) is 32.4 Å². The minimum absolute atomic E-state index is 0.0233. The number of carbonyl (C=O) groups excluding carboxylic acids is 1. The van der Waals surface area contributed by atoms with Crippen LogP contribution in [0.25, 0.3) is 0 Å². The Morgan fingerprint density at radius 1 is 1.29 bits per heavy atom. The van der Waals surface area contributed by atoms with Gasteiger partial charge in [-0.05, 0) is 55.7 Å². The van der Waals surface area contributed by atoms with Crippen molar-refractivity contribution in [2.24, 2.45) is 17.3 Å². The standard InChI is InChI=1S/C23H32O5/c1-14(2)23(26)11-10-22(4)9-8-15(3)12-19(20(22)23)28-21(25)16-6-7-17(24)18(13-16)27-5/h6-8,13-14,19-20,24,26H,9-12H2,1-5H3/t19-,20-,22+,23-/m1/s1. The molecule has 0 unspecified atom stereocenters. The molecule has 0 aromatic heterocycles. The second-order valence-corrected chi connectivity index (χ2v) is 9.07. The zero-order valence-electron chi connectivity index (χ0n) is 17.5. The highest BCUT2D eigenvalue weighted by atomic mass is 16.5. The summed E-state index contributed by atoms with van der Waals surface area (Å²) in [5.41, 5.74) is 0.551. The molecular weight excluding hydrogens is 356 g/mol. The number of phenols is 1. The molecule has 4 atom stereocenters. The van der Waals surface area contributed by atoms with E-state index in [1.54, 1.807) is 0 Å². The second kappa shape index (κ2) is 7.43. The number of allylic oxidation sites excluding steroid dienone is 1. The average Bonchev–Trinajstić information content (AvgIpc) is 2.85. The van der Waals surface area contributed by atoms with Crippen molar-refractivity contribution in [1.29, 1.82) is 0 Å². The Labute approximate surface area is 167 Å². The van der Waals surface area contributed by atoms with Crippen molar-refractivity contribution in [3.63, 3.8) is 0 Å². The lowest BCUT2D eigenvalue weighted by Crippen LogP contribution is -2.50. The Morgan fingerprint density at radius 3 is 2.64 bits per heavy atom. The van der Waals surface area contributed by atoms with Crippen LogP contribution in [0.5, 0.6) is 11.5 Å². The summed E-state index contributed by atoms with van der Waals surface area (Å²) in [6.07, 6.45) is 4.98. The molecule has 0 bridgehead atoms. The number of carbonyl (C=O) groups is 1. The third-order valence-electron chi connectivity index (χ3n) is 6.87. The third-order valence-corrected chi connectivity index (χ3v) is 6.87. The SMILES string of the molecule is COc1cc(C(=O)O[C@@H]2CC(C)=CC[C@@]3(C)CC[C@@](O)(C(C)C)[C@H]23)ccc1O.